The van der Waals surface area contributed by atoms with Crippen molar-refractivity contribution in [3.05, 3.63) is 99.1 Å². The minimum atomic E-state index is -4.63. The van der Waals surface area contributed by atoms with Crippen molar-refractivity contribution in [2.75, 3.05) is 0 Å². The van der Waals surface area contributed by atoms with E-state index in [1.54, 1.807) is 12.1 Å². The lowest BCUT2D eigenvalue weighted by molar-refractivity contribution is -0.384. The van der Waals surface area contributed by atoms with Crippen LogP contribution >= 0.6 is 15.9 Å². The van der Waals surface area contributed by atoms with Crippen molar-refractivity contribution in [1.82, 2.24) is 9.78 Å². The van der Waals surface area contributed by atoms with Gasteiger partial charge in [-0.2, -0.15) is 18.3 Å². The molecule has 0 fully saturated rings. The van der Waals surface area contributed by atoms with Gasteiger partial charge in [-0.3, -0.25) is 10.1 Å². The highest BCUT2D eigenvalue weighted by molar-refractivity contribution is 9.10. The van der Waals surface area contributed by atoms with Crippen LogP contribution in [0.25, 0.3) is 28.1 Å². The van der Waals surface area contributed by atoms with E-state index in [2.05, 4.69) is 21.0 Å². The summed E-state index contributed by atoms with van der Waals surface area (Å²) in [5, 5.41) is 14.6. The number of non-ortho nitro benzene ring substituents is 1. The summed E-state index contributed by atoms with van der Waals surface area (Å²) in [7, 11) is 0. The second kappa shape index (κ2) is 7.99. The number of hydrogen-bond donors (Lipinski definition) is 0. The first-order chi connectivity index (χ1) is 14.7. The number of rotatable bonds is 4. The number of halogens is 4. The number of benzene rings is 3. The Balaban J connectivity index is 1.77. The number of nitro benzene ring substituents is 1. The van der Waals surface area contributed by atoms with E-state index < -0.39 is 16.8 Å². The van der Waals surface area contributed by atoms with Crippen LogP contribution in [-0.2, 0) is 6.18 Å². The van der Waals surface area contributed by atoms with Gasteiger partial charge < -0.3 is 0 Å². The van der Waals surface area contributed by atoms with E-state index in [9.17, 15) is 23.3 Å². The van der Waals surface area contributed by atoms with Crippen molar-refractivity contribution in [3.63, 3.8) is 0 Å². The van der Waals surface area contributed by atoms with E-state index in [0.29, 0.717) is 5.56 Å². The molecule has 0 amide bonds. The van der Waals surface area contributed by atoms with Crippen molar-refractivity contribution >= 4 is 21.6 Å². The largest absolute Gasteiger partial charge is 0.435 e. The highest BCUT2D eigenvalue weighted by atomic mass is 79.9. The van der Waals surface area contributed by atoms with Crippen molar-refractivity contribution in [2.24, 2.45) is 0 Å². The van der Waals surface area contributed by atoms with Gasteiger partial charge in [0, 0.05) is 22.2 Å². The monoisotopic (exact) mass is 487 g/mol. The summed E-state index contributed by atoms with van der Waals surface area (Å²) in [6.45, 7) is 0. The highest BCUT2D eigenvalue weighted by Crippen LogP contribution is 2.34. The Bertz CT molecular complexity index is 1230. The van der Waals surface area contributed by atoms with E-state index in [4.69, 9.17) is 0 Å². The number of nitro groups is 1. The Labute approximate surface area is 183 Å². The average Bonchev–Trinajstić information content (AvgIpc) is 3.21. The van der Waals surface area contributed by atoms with Gasteiger partial charge in [0.05, 0.1) is 16.3 Å². The van der Waals surface area contributed by atoms with Crippen molar-refractivity contribution in [2.45, 2.75) is 6.18 Å². The summed E-state index contributed by atoms with van der Waals surface area (Å²) < 4.78 is 42.1. The molecule has 0 aliphatic carbocycles. The van der Waals surface area contributed by atoms with E-state index >= 15 is 0 Å². The van der Waals surface area contributed by atoms with Crippen LogP contribution < -0.4 is 0 Å². The standard InChI is InChI=1S/C22H13BrF3N3O2/c23-17-7-5-15(6-8-17)14-1-3-16(4-2-14)20-13-21(22(24,25)26)27-28(20)18-9-11-19(12-10-18)29(30)31/h1-13H. The SMILES string of the molecule is O=[N+]([O-])c1ccc(-n2nc(C(F)(F)F)cc2-c2ccc(-c3ccc(Br)cc3)cc2)cc1. The molecule has 0 aliphatic heterocycles. The molecule has 1 aromatic heterocycles. The van der Waals surface area contributed by atoms with Gasteiger partial charge in [-0.1, -0.05) is 52.3 Å². The van der Waals surface area contributed by atoms with Crippen LogP contribution in [0.4, 0.5) is 18.9 Å². The first kappa shape index (κ1) is 20.8. The molecular weight excluding hydrogens is 475 g/mol. The van der Waals surface area contributed by atoms with Crippen LogP contribution in [0.5, 0.6) is 0 Å². The topological polar surface area (TPSA) is 61.0 Å². The maximum Gasteiger partial charge on any atom is 0.435 e. The molecule has 31 heavy (non-hydrogen) atoms. The molecule has 0 radical (unpaired) electrons. The first-order valence-electron chi connectivity index (χ1n) is 9.01. The van der Waals surface area contributed by atoms with Crippen LogP contribution in [0, 0.1) is 10.1 Å². The molecule has 0 atom stereocenters. The normalized spacial score (nSPS) is 11.5. The minimum absolute atomic E-state index is 0.160. The molecule has 0 aliphatic rings. The Morgan fingerprint density at radius 3 is 1.87 bits per heavy atom. The van der Waals surface area contributed by atoms with E-state index in [-0.39, 0.29) is 17.1 Å². The van der Waals surface area contributed by atoms with Crippen LogP contribution in [0.2, 0.25) is 0 Å². The minimum Gasteiger partial charge on any atom is -0.258 e. The van der Waals surface area contributed by atoms with Gasteiger partial charge in [0.15, 0.2) is 5.69 Å². The molecule has 0 saturated heterocycles. The summed E-state index contributed by atoms with van der Waals surface area (Å²) in [5.41, 5.74) is 1.72. The van der Waals surface area contributed by atoms with Crippen LogP contribution in [-0.4, -0.2) is 14.7 Å². The van der Waals surface area contributed by atoms with Crippen LogP contribution in [0.1, 0.15) is 5.69 Å². The average molecular weight is 488 g/mol. The quantitative estimate of drug-likeness (QED) is 0.232. The van der Waals surface area contributed by atoms with Gasteiger partial charge in [-0.25, -0.2) is 4.68 Å². The smallest absolute Gasteiger partial charge is 0.258 e. The predicted molar refractivity (Wildman–Crippen MR) is 114 cm³/mol. The van der Waals surface area contributed by atoms with Gasteiger partial charge in [-0.15, -0.1) is 0 Å². The fraction of sp³-hybridized carbons (Fsp3) is 0.0455. The summed E-state index contributed by atoms with van der Waals surface area (Å²) in [4.78, 5) is 10.3. The molecule has 0 N–H and O–H groups in total. The fourth-order valence-corrected chi connectivity index (χ4v) is 3.38. The van der Waals surface area contributed by atoms with Gasteiger partial charge >= 0.3 is 6.18 Å². The predicted octanol–water partition coefficient (Wildman–Crippen LogP) is 6.90. The zero-order valence-electron chi connectivity index (χ0n) is 15.7. The Hall–Kier alpha value is -3.46. The molecule has 5 nitrogen and oxygen atoms in total. The molecule has 4 rings (SSSR count). The molecule has 0 spiro atoms. The Morgan fingerprint density at radius 1 is 0.839 bits per heavy atom. The Morgan fingerprint density at radius 2 is 1.35 bits per heavy atom. The molecule has 4 aromatic rings. The number of alkyl halides is 3. The van der Waals surface area contributed by atoms with E-state index in [1.807, 2.05) is 36.4 Å². The number of hydrogen-bond acceptors (Lipinski definition) is 3. The number of nitrogens with zero attached hydrogens (tertiary/aromatic N) is 3. The third kappa shape index (κ3) is 4.36. The van der Waals surface area contributed by atoms with Crippen LogP contribution in [0.3, 0.4) is 0 Å². The second-order valence-corrected chi connectivity index (χ2v) is 7.60. The lowest BCUT2D eigenvalue weighted by atomic mass is 10.0. The molecule has 9 heteroatoms. The molecule has 0 unspecified atom stereocenters. The van der Waals surface area contributed by atoms with E-state index in [1.165, 1.54) is 24.3 Å². The second-order valence-electron chi connectivity index (χ2n) is 6.68. The van der Waals surface area contributed by atoms with Crippen LogP contribution in [0.15, 0.2) is 83.3 Å². The molecule has 3 aromatic carbocycles. The summed E-state index contributed by atoms with van der Waals surface area (Å²) >= 11 is 3.38. The first-order valence-corrected chi connectivity index (χ1v) is 9.80. The summed E-state index contributed by atoms with van der Waals surface area (Å²) in [6, 6.07) is 20.9. The third-order valence-electron chi connectivity index (χ3n) is 4.66. The summed E-state index contributed by atoms with van der Waals surface area (Å²) in [6.07, 6.45) is -4.63. The molecule has 156 valence electrons. The maximum absolute atomic E-state index is 13.3. The van der Waals surface area contributed by atoms with Gasteiger partial charge in [0.25, 0.3) is 5.69 Å². The molecule has 0 bridgehead atoms. The molecular formula is C22H13BrF3N3O2. The third-order valence-corrected chi connectivity index (χ3v) is 5.19. The van der Waals surface area contributed by atoms with Gasteiger partial charge in [0.1, 0.15) is 0 Å². The maximum atomic E-state index is 13.3. The van der Waals surface area contributed by atoms with Gasteiger partial charge in [-0.05, 0) is 41.5 Å². The summed E-state index contributed by atoms with van der Waals surface area (Å²) in [5.74, 6) is 0. The molecule has 1 heterocycles. The number of aromatic nitrogens is 2. The lowest BCUT2D eigenvalue weighted by Crippen LogP contribution is -2.07. The lowest BCUT2D eigenvalue weighted by Gasteiger charge is -2.09. The van der Waals surface area contributed by atoms with Crippen molar-refractivity contribution in [3.8, 4) is 28.1 Å². The molecule has 0 saturated carbocycles. The van der Waals surface area contributed by atoms with Crippen molar-refractivity contribution in [1.29, 1.82) is 0 Å². The Kier molecular flexibility index (Phi) is 5.36. The van der Waals surface area contributed by atoms with Crippen molar-refractivity contribution < 1.29 is 18.1 Å². The zero-order valence-corrected chi connectivity index (χ0v) is 17.3. The van der Waals surface area contributed by atoms with Gasteiger partial charge in [0.2, 0.25) is 0 Å². The highest BCUT2D eigenvalue weighted by Gasteiger charge is 2.35. The van der Waals surface area contributed by atoms with E-state index in [0.717, 1.165) is 26.3 Å². The fourth-order valence-electron chi connectivity index (χ4n) is 3.11. The zero-order chi connectivity index (χ0) is 22.2.